The summed E-state index contributed by atoms with van der Waals surface area (Å²) in [4.78, 5) is 24.1. The standard InChI is InChI=1S/C19H25FN4O3S/c1-23(15-6-9-28(26,27)12-15)11-18(25)24-7-4-13(5-8-24)19-21-16-3-2-14(20)10-17(16)22-19/h2-3,10,13,15H,4-9,11-12H2,1H3,(H,21,22). The Labute approximate surface area is 163 Å². The number of nitrogens with one attached hydrogen (secondary N) is 1. The van der Waals surface area contributed by atoms with Crippen molar-refractivity contribution in [2.24, 2.45) is 0 Å². The molecule has 152 valence electrons. The first-order valence-electron chi connectivity index (χ1n) is 9.64. The van der Waals surface area contributed by atoms with Crippen molar-refractivity contribution >= 4 is 26.8 Å². The lowest BCUT2D eigenvalue weighted by Gasteiger charge is -2.33. The molecule has 0 saturated carbocycles. The number of hydrogen-bond acceptors (Lipinski definition) is 5. The second kappa shape index (κ2) is 7.44. The van der Waals surface area contributed by atoms with E-state index >= 15 is 0 Å². The summed E-state index contributed by atoms with van der Waals surface area (Å²) >= 11 is 0. The molecule has 9 heteroatoms. The maximum absolute atomic E-state index is 13.4. The Morgan fingerprint density at radius 1 is 1.32 bits per heavy atom. The number of likely N-dealkylation sites (N-methyl/N-ethyl adjacent to an activating group) is 1. The smallest absolute Gasteiger partial charge is 0.236 e. The van der Waals surface area contributed by atoms with Gasteiger partial charge in [0.05, 0.1) is 29.1 Å². The van der Waals surface area contributed by atoms with Crippen LogP contribution in [0.25, 0.3) is 11.0 Å². The topological polar surface area (TPSA) is 86.4 Å². The van der Waals surface area contributed by atoms with Gasteiger partial charge in [0.15, 0.2) is 9.84 Å². The number of carbonyl (C=O) groups excluding carboxylic acids is 1. The number of aromatic amines is 1. The number of rotatable bonds is 4. The summed E-state index contributed by atoms with van der Waals surface area (Å²) < 4.78 is 36.6. The van der Waals surface area contributed by atoms with E-state index in [0.717, 1.165) is 24.2 Å². The molecule has 2 saturated heterocycles. The van der Waals surface area contributed by atoms with Gasteiger partial charge in [-0.1, -0.05) is 0 Å². The molecule has 1 amide bonds. The van der Waals surface area contributed by atoms with Crippen molar-refractivity contribution in [3.05, 3.63) is 29.8 Å². The van der Waals surface area contributed by atoms with Gasteiger partial charge in [-0.15, -0.1) is 0 Å². The third kappa shape index (κ3) is 4.05. The van der Waals surface area contributed by atoms with Crippen LogP contribution >= 0.6 is 0 Å². The van der Waals surface area contributed by atoms with Crippen LogP contribution in [0.3, 0.4) is 0 Å². The molecule has 3 heterocycles. The maximum Gasteiger partial charge on any atom is 0.236 e. The lowest BCUT2D eigenvalue weighted by Crippen LogP contribution is -2.45. The molecule has 1 aromatic heterocycles. The molecule has 2 aliphatic heterocycles. The van der Waals surface area contributed by atoms with Crippen molar-refractivity contribution in [3.8, 4) is 0 Å². The van der Waals surface area contributed by atoms with E-state index < -0.39 is 9.84 Å². The van der Waals surface area contributed by atoms with Gasteiger partial charge in [0.25, 0.3) is 0 Å². The molecule has 0 bridgehead atoms. The molecule has 2 fully saturated rings. The Morgan fingerprint density at radius 3 is 2.75 bits per heavy atom. The minimum atomic E-state index is -2.95. The number of likely N-dealkylation sites (tertiary alicyclic amines) is 1. The number of amides is 1. The zero-order valence-corrected chi connectivity index (χ0v) is 16.7. The van der Waals surface area contributed by atoms with Gasteiger partial charge in [-0.25, -0.2) is 17.8 Å². The van der Waals surface area contributed by atoms with Crippen molar-refractivity contribution in [1.29, 1.82) is 0 Å². The van der Waals surface area contributed by atoms with E-state index in [1.165, 1.54) is 12.1 Å². The quantitative estimate of drug-likeness (QED) is 0.829. The van der Waals surface area contributed by atoms with Crippen molar-refractivity contribution < 1.29 is 17.6 Å². The highest BCUT2D eigenvalue weighted by molar-refractivity contribution is 7.91. The van der Waals surface area contributed by atoms with Crippen LogP contribution in [0.4, 0.5) is 4.39 Å². The molecule has 7 nitrogen and oxygen atoms in total. The fourth-order valence-electron chi connectivity index (χ4n) is 4.16. The monoisotopic (exact) mass is 408 g/mol. The highest BCUT2D eigenvalue weighted by atomic mass is 32.2. The first-order chi connectivity index (χ1) is 13.3. The van der Waals surface area contributed by atoms with Gasteiger partial charge in [0, 0.05) is 25.0 Å². The Hall–Kier alpha value is -2.00. The number of fused-ring (bicyclic) bond motifs is 1. The molecule has 1 N–H and O–H groups in total. The van der Waals surface area contributed by atoms with Crippen LogP contribution in [-0.2, 0) is 14.6 Å². The molecule has 2 aliphatic rings. The zero-order chi connectivity index (χ0) is 19.9. The molecule has 1 unspecified atom stereocenters. The number of halogens is 1. The van der Waals surface area contributed by atoms with E-state index in [4.69, 9.17) is 0 Å². The number of sulfone groups is 1. The molecule has 1 aromatic carbocycles. The number of nitrogens with zero attached hydrogens (tertiary/aromatic N) is 3. The highest BCUT2D eigenvalue weighted by Gasteiger charge is 2.32. The first-order valence-corrected chi connectivity index (χ1v) is 11.5. The first kappa shape index (κ1) is 19.3. The predicted molar refractivity (Wildman–Crippen MR) is 104 cm³/mol. The minimum absolute atomic E-state index is 0.0388. The largest absolute Gasteiger partial charge is 0.342 e. The number of benzene rings is 1. The van der Waals surface area contributed by atoms with Crippen molar-refractivity contribution in [2.45, 2.75) is 31.2 Å². The summed E-state index contributed by atoms with van der Waals surface area (Å²) in [5.41, 5.74) is 1.45. The number of piperidine rings is 1. The summed E-state index contributed by atoms with van der Waals surface area (Å²) in [7, 11) is -1.13. The lowest BCUT2D eigenvalue weighted by atomic mass is 9.96. The van der Waals surface area contributed by atoms with Gasteiger partial charge in [0.1, 0.15) is 11.6 Å². The third-order valence-corrected chi connectivity index (χ3v) is 7.66. The molecule has 1 atom stereocenters. The number of hydrogen-bond donors (Lipinski definition) is 1. The second-order valence-corrected chi connectivity index (χ2v) is 10.1. The summed E-state index contributed by atoms with van der Waals surface area (Å²) in [6.07, 6.45) is 2.20. The average molecular weight is 408 g/mol. The molecule has 0 aliphatic carbocycles. The molecule has 0 radical (unpaired) electrons. The average Bonchev–Trinajstić information content (AvgIpc) is 3.24. The van der Waals surface area contributed by atoms with Crippen LogP contribution in [0, 0.1) is 5.82 Å². The van der Waals surface area contributed by atoms with Crippen LogP contribution in [0.15, 0.2) is 18.2 Å². The number of imidazole rings is 1. The van der Waals surface area contributed by atoms with E-state index in [1.807, 2.05) is 16.8 Å². The van der Waals surface area contributed by atoms with E-state index in [9.17, 15) is 17.6 Å². The van der Waals surface area contributed by atoms with Gasteiger partial charge < -0.3 is 9.88 Å². The summed E-state index contributed by atoms with van der Waals surface area (Å²) in [5, 5.41) is 0. The SMILES string of the molecule is CN(CC(=O)N1CCC(c2nc3ccc(F)cc3[nH]2)CC1)C1CCS(=O)(=O)C1. The molecule has 0 spiro atoms. The van der Waals surface area contributed by atoms with Crippen molar-refractivity contribution in [3.63, 3.8) is 0 Å². The van der Waals surface area contributed by atoms with Crippen LogP contribution in [0.2, 0.25) is 0 Å². The van der Waals surface area contributed by atoms with Crippen LogP contribution < -0.4 is 0 Å². The number of H-pyrrole nitrogens is 1. The molecule has 4 rings (SSSR count). The predicted octanol–water partition coefficient (Wildman–Crippen LogP) is 1.53. The van der Waals surface area contributed by atoms with Gasteiger partial charge in [-0.2, -0.15) is 0 Å². The minimum Gasteiger partial charge on any atom is -0.342 e. The van der Waals surface area contributed by atoms with Crippen molar-refractivity contribution in [1.82, 2.24) is 19.8 Å². The zero-order valence-electron chi connectivity index (χ0n) is 15.9. The number of aromatic nitrogens is 2. The van der Waals surface area contributed by atoms with E-state index in [-0.39, 0.29) is 41.7 Å². The molecule has 28 heavy (non-hydrogen) atoms. The Morgan fingerprint density at radius 2 is 2.07 bits per heavy atom. The summed E-state index contributed by atoms with van der Waals surface area (Å²) in [5.74, 6) is 1.17. The van der Waals surface area contributed by atoms with Crippen LogP contribution in [-0.4, -0.2) is 78.3 Å². The lowest BCUT2D eigenvalue weighted by molar-refractivity contribution is -0.133. The van der Waals surface area contributed by atoms with Crippen LogP contribution in [0.1, 0.15) is 31.0 Å². The van der Waals surface area contributed by atoms with E-state index in [0.29, 0.717) is 25.0 Å². The maximum atomic E-state index is 13.4. The Bertz CT molecular complexity index is 982. The highest BCUT2D eigenvalue weighted by Crippen LogP contribution is 2.28. The second-order valence-electron chi connectivity index (χ2n) is 7.91. The Balaban J connectivity index is 1.32. The van der Waals surface area contributed by atoms with Gasteiger partial charge in [-0.05, 0) is 44.5 Å². The normalized spacial score (nSPS) is 23.0. The van der Waals surface area contributed by atoms with Crippen LogP contribution in [0.5, 0.6) is 0 Å². The van der Waals surface area contributed by atoms with Crippen molar-refractivity contribution in [2.75, 3.05) is 38.2 Å². The Kier molecular flexibility index (Phi) is 5.13. The van der Waals surface area contributed by atoms with Gasteiger partial charge >= 0.3 is 0 Å². The third-order valence-electron chi connectivity index (χ3n) is 5.91. The summed E-state index contributed by atoms with van der Waals surface area (Å²) in [6.45, 7) is 1.53. The summed E-state index contributed by atoms with van der Waals surface area (Å²) in [6, 6.07) is 4.45. The number of carbonyl (C=O) groups is 1. The molecule has 2 aromatic rings. The van der Waals surface area contributed by atoms with E-state index in [2.05, 4.69) is 9.97 Å². The molecular weight excluding hydrogens is 383 g/mol. The van der Waals surface area contributed by atoms with E-state index in [1.54, 1.807) is 6.07 Å². The van der Waals surface area contributed by atoms with Gasteiger partial charge in [-0.3, -0.25) is 9.69 Å². The van der Waals surface area contributed by atoms with Gasteiger partial charge in [0.2, 0.25) is 5.91 Å². The fraction of sp³-hybridized carbons (Fsp3) is 0.579. The fourth-order valence-corrected chi connectivity index (χ4v) is 5.97. The molecular formula is C19H25FN4O3S.